The minimum Gasteiger partial charge on any atom is -0.338 e. The molecule has 27 heavy (non-hydrogen) atoms. The minimum atomic E-state index is 0.0393. The average molecular weight is 362 g/mol. The van der Waals surface area contributed by atoms with Gasteiger partial charge < -0.3 is 9.47 Å². The van der Waals surface area contributed by atoms with Crippen LogP contribution in [0.5, 0.6) is 0 Å². The summed E-state index contributed by atoms with van der Waals surface area (Å²) < 4.78 is 2.02. The molecule has 0 saturated carbocycles. The Kier molecular flexibility index (Phi) is 4.73. The van der Waals surface area contributed by atoms with Crippen molar-refractivity contribution in [3.63, 3.8) is 0 Å². The van der Waals surface area contributed by atoms with Crippen molar-refractivity contribution in [3.05, 3.63) is 58.3 Å². The number of carbonyl (C=O) groups is 1. The first-order valence-electron chi connectivity index (χ1n) is 9.91. The van der Waals surface area contributed by atoms with Crippen LogP contribution in [0.4, 0.5) is 0 Å². The number of hydrogen-bond donors (Lipinski definition) is 0. The van der Waals surface area contributed by atoms with Gasteiger partial charge in [0.25, 0.3) is 0 Å². The van der Waals surface area contributed by atoms with E-state index in [2.05, 4.69) is 11.8 Å². The SMILES string of the molecule is CCC1CCCCN1C(=O)Cn1c2ccccc2c(=O)c2cc(C)ccc21. The molecule has 1 saturated heterocycles. The molecule has 1 atom stereocenters. The van der Waals surface area contributed by atoms with Crippen molar-refractivity contribution in [1.29, 1.82) is 0 Å². The Bertz CT molecular complexity index is 1070. The first-order chi connectivity index (χ1) is 13.1. The highest BCUT2D eigenvalue weighted by Gasteiger charge is 2.26. The van der Waals surface area contributed by atoms with E-state index in [1.54, 1.807) is 0 Å². The fraction of sp³-hybridized carbons (Fsp3) is 0.391. The molecule has 1 fully saturated rings. The highest BCUT2D eigenvalue weighted by molar-refractivity contribution is 5.95. The molecule has 0 aliphatic carbocycles. The van der Waals surface area contributed by atoms with Gasteiger partial charge >= 0.3 is 0 Å². The smallest absolute Gasteiger partial charge is 0.242 e. The molecule has 2 aromatic carbocycles. The van der Waals surface area contributed by atoms with Crippen LogP contribution in [0.3, 0.4) is 0 Å². The Labute approximate surface area is 159 Å². The second kappa shape index (κ2) is 7.18. The van der Waals surface area contributed by atoms with Crippen LogP contribution in [0.2, 0.25) is 0 Å². The van der Waals surface area contributed by atoms with E-state index >= 15 is 0 Å². The predicted octanol–water partition coefficient (Wildman–Crippen LogP) is 4.25. The van der Waals surface area contributed by atoms with Crippen molar-refractivity contribution < 1.29 is 4.79 Å². The molecule has 140 valence electrons. The monoisotopic (exact) mass is 362 g/mol. The van der Waals surface area contributed by atoms with Gasteiger partial charge in [-0.2, -0.15) is 0 Å². The molecular weight excluding hydrogens is 336 g/mol. The van der Waals surface area contributed by atoms with Gasteiger partial charge in [0.2, 0.25) is 5.91 Å². The normalized spacial score (nSPS) is 17.6. The standard InChI is InChI=1S/C23H26N2O2/c1-3-17-8-6-7-13-24(17)22(26)15-25-20-10-5-4-9-18(20)23(27)19-14-16(2)11-12-21(19)25/h4-5,9-12,14,17H,3,6-8,13,15H2,1-2H3. The molecule has 4 heteroatoms. The van der Waals surface area contributed by atoms with E-state index in [9.17, 15) is 9.59 Å². The Morgan fingerprint density at radius 1 is 1.07 bits per heavy atom. The van der Waals surface area contributed by atoms with Crippen molar-refractivity contribution in [2.45, 2.75) is 52.1 Å². The van der Waals surface area contributed by atoms with Crippen LogP contribution in [-0.2, 0) is 11.3 Å². The highest BCUT2D eigenvalue weighted by atomic mass is 16.2. The number of amides is 1. The largest absolute Gasteiger partial charge is 0.338 e. The van der Waals surface area contributed by atoms with E-state index < -0.39 is 0 Å². The van der Waals surface area contributed by atoms with Gasteiger partial charge in [-0.1, -0.05) is 30.7 Å². The summed E-state index contributed by atoms with van der Waals surface area (Å²) in [4.78, 5) is 28.2. The molecule has 1 amide bonds. The summed E-state index contributed by atoms with van der Waals surface area (Å²) in [6.07, 6.45) is 4.36. The van der Waals surface area contributed by atoms with Gasteiger partial charge in [-0.3, -0.25) is 9.59 Å². The zero-order valence-corrected chi connectivity index (χ0v) is 16.1. The molecule has 2 heterocycles. The number of nitrogens with zero attached hydrogens (tertiary/aromatic N) is 2. The zero-order valence-electron chi connectivity index (χ0n) is 16.1. The van der Waals surface area contributed by atoms with E-state index in [-0.39, 0.29) is 17.9 Å². The van der Waals surface area contributed by atoms with Gasteiger partial charge in [0.05, 0.1) is 11.0 Å². The topological polar surface area (TPSA) is 42.3 Å². The second-order valence-corrected chi connectivity index (χ2v) is 7.60. The summed E-state index contributed by atoms with van der Waals surface area (Å²) in [5.74, 6) is 0.150. The summed E-state index contributed by atoms with van der Waals surface area (Å²) in [5.41, 5.74) is 2.76. The number of benzene rings is 2. The van der Waals surface area contributed by atoms with Crippen molar-refractivity contribution in [2.75, 3.05) is 6.54 Å². The lowest BCUT2D eigenvalue weighted by atomic mass is 10.00. The molecule has 4 rings (SSSR count). The van der Waals surface area contributed by atoms with Crippen LogP contribution in [0.1, 0.15) is 38.2 Å². The zero-order chi connectivity index (χ0) is 19.0. The van der Waals surface area contributed by atoms with Crippen LogP contribution in [0, 0.1) is 6.92 Å². The first-order valence-corrected chi connectivity index (χ1v) is 9.91. The quantitative estimate of drug-likeness (QED) is 0.654. The maximum absolute atomic E-state index is 13.2. The summed E-state index contributed by atoms with van der Waals surface area (Å²) in [6, 6.07) is 13.9. The maximum atomic E-state index is 13.2. The van der Waals surface area contributed by atoms with Crippen LogP contribution in [0.15, 0.2) is 47.3 Å². The summed E-state index contributed by atoms with van der Waals surface area (Å²) in [6.45, 7) is 5.26. The number of carbonyl (C=O) groups excluding carboxylic acids is 1. The fourth-order valence-corrected chi connectivity index (χ4v) is 4.39. The summed E-state index contributed by atoms with van der Waals surface area (Å²) >= 11 is 0. The molecule has 0 N–H and O–H groups in total. The highest BCUT2D eigenvalue weighted by Crippen LogP contribution is 2.23. The lowest BCUT2D eigenvalue weighted by Crippen LogP contribution is -2.45. The van der Waals surface area contributed by atoms with E-state index in [0.717, 1.165) is 42.4 Å². The third-order valence-electron chi connectivity index (χ3n) is 5.84. The molecule has 0 bridgehead atoms. The van der Waals surface area contributed by atoms with Crippen molar-refractivity contribution >= 4 is 27.7 Å². The van der Waals surface area contributed by atoms with Crippen molar-refractivity contribution in [2.24, 2.45) is 0 Å². The molecule has 1 aromatic heterocycles. The molecular formula is C23H26N2O2. The third kappa shape index (κ3) is 3.14. The minimum absolute atomic E-state index is 0.0393. The molecule has 0 spiro atoms. The molecule has 1 unspecified atom stereocenters. The van der Waals surface area contributed by atoms with E-state index in [1.165, 1.54) is 6.42 Å². The van der Waals surface area contributed by atoms with Crippen LogP contribution >= 0.6 is 0 Å². The number of hydrogen-bond acceptors (Lipinski definition) is 2. The fourth-order valence-electron chi connectivity index (χ4n) is 4.39. The van der Waals surface area contributed by atoms with E-state index in [1.807, 2.05) is 54.0 Å². The van der Waals surface area contributed by atoms with Crippen molar-refractivity contribution in [1.82, 2.24) is 9.47 Å². The number of piperidine rings is 1. The maximum Gasteiger partial charge on any atom is 0.242 e. The van der Waals surface area contributed by atoms with Gasteiger partial charge in [-0.05, 0) is 56.9 Å². The number of rotatable bonds is 3. The van der Waals surface area contributed by atoms with Crippen LogP contribution < -0.4 is 5.43 Å². The van der Waals surface area contributed by atoms with Crippen molar-refractivity contribution in [3.8, 4) is 0 Å². The number of aryl methyl sites for hydroxylation is 1. The number of pyridine rings is 1. The Morgan fingerprint density at radius 3 is 2.67 bits per heavy atom. The van der Waals surface area contributed by atoms with Gasteiger partial charge in [0, 0.05) is 23.4 Å². The van der Waals surface area contributed by atoms with Gasteiger partial charge in [0.15, 0.2) is 5.43 Å². The lowest BCUT2D eigenvalue weighted by Gasteiger charge is -2.35. The van der Waals surface area contributed by atoms with E-state index in [4.69, 9.17) is 0 Å². The van der Waals surface area contributed by atoms with Gasteiger partial charge in [-0.15, -0.1) is 0 Å². The Hall–Kier alpha value is -2.62. The van der Waals surface area contributed by atoms with Gasteiger partial charge in [-0.25, -0.2) is 0 Å². The average Bonchev–Trinajstić information content (AvgIpc) is 2.71. The summed E-state index contributed by atoms with van der Waals surface area (Å²) in [5, 5.41) is 1.36. The number of fused-ring (bicyclic) bond motifs is 2. The summed E-state index contributed by atoms with van der Waals surface area (Å²) in [7, 11) is 0. The molecule has 1 aliphatic rings. The number of likely N-dealkylation sites (tertiary alicyclic amines) is 1. The van der Waals surface area contributed by atoms with Crippen LogP contribution in [0.25, 0.3) is 21.8 Å². The predicted molar refractivity (Wildman–Crippen MR) is 110 cm³/mol. The third-order valence-corrected chi connectivity index (χ3v) is 5.84. The van der Waals surface area contributed by atoms with Crippen LogP contribution in [-0.4, -0.2) is 28.0 Å². The number of aromatic nitrogens is 1. The molecule has 0 radical (unpaired) electrons. The number of para-hydroxylation sites is 1. The molecule has 4 nitrogen and oxygen atoms in total. The molecule has 1 aliphatic heterocycles. The Balaban J connectivity index is 1.86. The second-order valence-electron chi connectivity index (χ2n) is 7.60. The van der Waals surface area contributed by atoms with E-state index in [0.29, 0.717) is 16.8 Å². The van der Waals surface area contributed by atoms with Gasteiger partial charge in [0.1, 0.15) is 6.54 Å². The first kappa shape index (κ1) is 17.8. The lowest BCUT2D eigenvalue weighted by molar-refractivity contribution is -0.135. The molecule has 3 aromatic rings. The Morgan fingerprint density at radius 2 is 1.85 bits per heavy atom.